The number of amides is 1. The predicted molar refractivity (Wildman–Crippen MR) is 97.9 cm³/mol. The Morgan fingerprint density at radius 1 is 1.17 bits per heavy atom. The number of nitrogens with zero attached hydrogens (tertiary/aromatic N) is 2. The average molecular weight is 445 g/mol. The highest BCUT2D eigenvalue weighted by Gasteiger charge is 2.31. The molecule has 3 rings (SSSR count). The zero-order valence-electron chi connectivity index (χ0n) is 15.0. The van der Waals surface area contributed by atoms with Crippen LogP contribution in [0.2, 0.25) is 0 Å². The first-order valence-electron chi connectivity index (χ1n) is 8.33. The van der Waals surface area contributed by atoms with Crippen LogP contribution in [0, 0.1) is 0 Å². The standard InChI is InChI=1S/C17H14F3N3O6S/c18-17(19,20)29-13-4-2-12(3-5-13)21-15(24)10-28-16(25)11-1-6-14-22-30(26,27)8-7-23(14)9-11/h1-6,9H,7-8,10H2,(H,21,24). The number of hydrogen-bond donors (Lipinski definition) is 1. The molecule has 9 nitrogen and oxygen atoms in total. The Kier molecular flexibility index (Phi) is 5.82. The third-order valence-corrected chi connectivity index (χ3v) is 4.93. The summed E-state index contributed by atoms with van der Waals surface area (Å²) in [6.45, 7) is -0.517. The second-order valence-electron chi connectivity index (χ2n) is 6.04. The molecule has 2 heterocycles. The summed E-state index contributed by atoms with van der Waals surface area (Å²) in [6, 6.07) is 4.42. The van der Waals surface area contributed by atoms with Crippen LogP contribution in [0.25, 0.3) is 0 Å². The molecule has 0 unspecified atom stereocenters. The third kappa shape index (κ3) is 5.83. The normalized spacial score (nSPS) is 17.4. The van der Waals surface area contributed by atoms with Crippen LogP contribution in [0.3, 0.4) is 0 Å². The maximum Gasteiger partial charge on any atom is 0.573 e. The van der Waals surface area contributed by atoms with Crippen LogP contribution in [-0.2, 0) is 24.3 Å². The lowest BCUT2D eigenvalue weighted by molar-refractivity contribution is -0.274. The lowest BCUT2D eigenvalue weighted by Gasteiger charge is -2.26. The number of anilines is 1. The quantitative estimate of drug-likeness (QED) is 0.684. The number of rotatable bonds is 5. The minimum atomic E-state index is -4.82. The number of amidine groups is 1. The molecule has 0 aliphatic carbocycles. The molecule has 1 N–H and O–H groups in total. The van der Waals surface area contributed by atoms with E-state index in [4.69, 9.17) is 4.74 Å². The molecule has 0 fully saturated rings. The van der Waals surface area contributed by atoms with Gasteiger partial charge in [-0.05, 0) is 36.4 Å². The Hall–Kier alpha value is -3.35. The third-order valence-electron chi connectivity index (χ3n) is 3.77. The van der Waals surface area contributed by atoms with Gasteiger partial charge in [0, 0.05) is 18.4 Å². The Balaban J connectivity index is 1.51. The van der Waals surface area contributed by atoms with Gasteiger partial charge in [-0.15, -0.1) is 17.6 Å². The maximum absolute atomic E-state index is 12.1. The van der Waals surface area contributed by atoms with Crippen LogP contribution in [-0.4, -0.2) is 56.3 Å². The van der Waals surface area contributed by atoms with Gasteiger partial charge in [-0.2, -0.15) is 0 Å². The Morgan fingerprint density at radius 3 is 2.53 bits per heavy atom. The van der Waals surface area contributed by atoms with Crippen molar-refractivity contribution in [2.75, 3.05) is 24.2 Å². The Labute approximate surface area is 168 Å². The van der Waals surface area contributed by atoms with Gasteiger partial charge < -0.3 is 19.7 Å². The predicted octanol–water partition coefficient (Wildman–Crippen LogP) is 1.56. The number of sulfonamides is 1. The first kappa shape index (κ1) is 21.4. The van der Waals surface area contributed by atoms with E-state index in [1.807, 2.05) is 0 Å². The van der Waals surface area contributed by atoms with Gasteiger partial charge in [0.2, 0.25) is 0 Å². The van der Waals surface area contributed by atoms with Crippen molar-refractivity contribution in [3.05, 3.63) is 48.2 Å². The van der Waals surface area contributed by atoms with Gasteiger partial charge in [0.25, 0.3) is 15.9 Å². The number of nitrogens with one attached hydrogen (secondary N) is 1. The molecular weight excluding hydrogens is 431 g/mol. The zero-order chi connectivity index (χ0) is 21.9. The zero-order valence-corrected chi connectivity index (χ0v) is 15.9. The van der Waals surface area contributed by atoms with Crippen molar-refractivity contribution in [1.29, 1.82) is 0 Å². The molecule has 0 bridgehead atoms. The molecule has 0 radical (unpaired) electrons. The van der Waals surface area contributed by atoms with Gasteiger partial charge in [-0.1, -0.05) is 0 Å². The highest BCUT2D eigenvalue weighted by molar-refractivity contribution is 7.90. The van der Waals surface area contributed by atoms with Crippen molar-refractivity contribution < 1.29 is 40.7 Å². The smallest absolute Gasteiger partial charge is 0.452 e. The monoisotopic (exact) mass is 445 g/mol. The van der Waals surface area contributed by atoms with Gasteiger partial charge in [0.05, 0.1) is 11.3 Å². The molecule has 0 aromatic heterocycles. The fraction of sp³-hybridized carbons (Fsp3) is 0.235. The number of halogens is 3. The summed E-state index contributed by atoms with van der Waals surface area (Å²) in [4.78, 5) is 25.5. The molecule has 0 saturated carbocycles. The van der Waals surface area contributed by atoms with Gasteiger partial charge in [-0.25, -0.2) is 13.2 Å². The van der Waals surface area contributed by atoms with Gasteiger partial charge in [-0.3, -0.25) is 4.79 Å². The van der Waals surface area contributed by atoms with Crippen molar-refractivity contribution >= 4 is 33.4 Å². The minimum Gasteiger partial charge on any atom is -0.452 e. The number of fused-ring (bicyclic) bond motifs is 1. The second kappa shape index (κ2) is 8.18. The summed E-state index contributed by atoms with van der Waals surface area (Å²) in [7, 11) is -3.52. The number of carbonyl (C=O) groups excluding carboxylic acids is 2. The molecule has 1 aromatic carbocycles. The lowest BCUT2D eigenvalue weighted by Crippen LogP contribution is -2.37. The topological polar surface area (TPSA) is 114 Å². The number of hydrogen-bond acceptors (Lipinski definition) is 7. The molecule has 30 heavy (non-hydrogen) atoms. The van der Waals surface area contributed by atoms with E-state index in [1.165, 1.54) is 35.4 Å². The summed E-state index contributed by atoms with van der Waals surface area (Å²) >= 11 is 0. The van der Waals surface area contributed by atoms with E-state index in [1.54, 1.807) is 0 Å². The van der Waals surface area contributed by atoms with Crippen LogP contribution in [0.5, 0.6) is 5.75 Å². The number of ether oxygens (including phenoxy) is 2. The Morgan fingerprint density at radius 2 is 1.87 bits per heavy atom. The van der Waals surface area contributed by atoms with Gasteiger partial charge >= 0.3 is 12.3 Å². The summed E-state index contributed by atoms with van der Waals surface area (Å²) in [5.41, 5.74) is 0.271. The van der Waals surface area contributed by atoms with Crippen LogP contribution in [0.1, 0.15) is 0 Å². The molecule has 1 amide bonds. The van der Waals surface area contributed by atoms with Crippen molar-refractivity contribution in [3.63, 3.8) is 0 Å². The van der Waals surface area contributed by atoms with Crippen molar-refractivity contribution in [2.24, 2.45) is 4.40 Å². The first-order chi connectivity index (χ1) is 14.0. The number of alkyl halides is 3. The number of carbonyl (C=O) groups is 2. The molecule has 0 spiro atoms. The molecule has 1 aromatic rings. The number of benzene rings is 1. The van der Waals surface area contributed by atoms with Gasteiger partial charge in [0.15, 0.2) is 6.61 Å². The van der Waals surface area contributed by atoms with E-state index in [2.05, 4.69) is 14.5 Å². The number of esters is 1. The maximum atomic E-state index is 12.1. The highest BCUT2D eigenvalue weighted by Crippen LogP contribution is 2.24. The molecule has 160 valence electrons. The molecule has 0 atom stereocenters. The average Bonchev–Trinajstić information content (AvgIpc) is 2.65. The van der Waals surface area contributed by atoms with E-state index in [-0.39, 0.29) is 29.4 Å². The van der Waals surface area contributed by atoms with Crippen LogP contribution in [0.4, 0.5) is 18.9 Å². The van der Waals surface area contributed by atoms with Crippen molar-refractivity contribution in [1.82, 2.24) is 4.90 Å². The van der Waals surface area contributed by atoms with Gasteiger partial charge in [0.1, 0.15) is 11.6 Å². The fourth-order valence-electron chi connectivity index (χ4n) is 2.47. The first-order valence-corrected chi connectivity index (χ1v) is 9.94. The molecule has 0 saturated heterocycles. The lowest BCUT2D eigenvalue weighted by atomic mass is 10.2. The highest BCUT2D eigenvalue weighted by atomic mass is 32.2. The Bertz CT molecular complexity index is 1050. The molecule has 2 aliphatic heterocycles. The van der Waals surface area contributed by atoms with E-state index in [0.717, 1.165) is 12.1 Å². The fourth-order valence-corrected chi connectivity index (χ4v) is 3.44. The van der Waals surface area contributed by atoms with Crippen molar-refractivity contribution in [2.45, 2.75) is 6.36 Å². The summed E-state index contributed by atoms with van der Waals surface area (Å²) in [5, 5.41) is 2.36. The van der Waals surface area contributed by atoms with E-state index >= 15 is 0 Å². The SMILES string of the molecule is O=C(COC(=O)C1=CN2CCS(=O)(=O)N=C2C=C1)Nc1ccc(OC(F)(F)F)cc1. The van der Waals surface area contributed by atoms with Crippen LogP contribution >= 0.6 is 0 Å². The molecular formula is C17H14F3N3O6S. The van der Waals surface area contributed by atoms with E-state index in [9.17, 15) is 31.2 Å². The van der Waals surface area contributed by atoms with E-state index in [0.29, 0.717) is 0 Å². The van der Waals surface area contributed by atoms with Crippen LogP contribution < -0.4 is 10.1 Å². The summed E-state index contributed by atoms with van der Waals surface area (Å²) in [5.74, 6) is -1.99. The van der Waals surface area contributed by atoms with E-state index < -0.39 is 40.6 Å². The molecule has 2 aliphatic rings. The summed E-state index contributed by atoms with van der Waals surface area (Å²) in [6.07, 6.45) is -0.794. The second-order valence-corrected chi connectivity index (χ2v) is 7.80. The minimum absolute atomic E-state index is 0.0923. The van der Waals surface area contributed by atoms with Crippen LogP contribution in [0.15, 0.2) is 52.6 Å². The molecule has 13 heteroatoms. The van der Waals surface area contributed by atoms with Crippen molar-refractivity contribution in [3.8, 4) is 5.75 Å². The largest absolute Gasteiger partial charge is 0.573 e. The summed E-state index contributed by atoms with van der Waals surface area (Å²) < 4.78 is 71.5.